The number of hydrogen-bond donors (Lipinski definition) is 2. The smallest absolute Gasteiger partial charge is 0.330 e. The molecule has 5 nitrogen and oxygen atoms in total. The highest BCUT2D eigenvalue weighted by Gasteiger charge is 2.22. The van der Waals surface area contributed by atoms with Crippen molar-refractivity contribution in [1.82, 2.24) is 5.32 Å². The van der Waals surface area contributed by atoms with Gasteiger partial charge in [-0.05, 0) is 48.2 Å². The van der Waals surface area contributed by atoms with Gasteiger partial charge >= 0.3 is 5.97 Å². The van der Waals surface area contributed by atoms with Crippen LogP contribution in [0.15, 0.2) is 42.5 Å². The first kappa shape index (κ1) is 19.7. The summed E-state index contributed by atoms with van der Waals surface area (Å²) in [5, 5.41) is 11.6. The number of halogens is 2. The normalized spacial score (nSPS) is 11.7. The van der Waals surface area contributed by atoms with Crippen LogP contribution in [0, 0.1) is 5.82 Å². The van der Waals surface area contributed by atoms with Crippen LogP contribution in [-0.4, -0.2) is 24.1 Å². The van der Waals surface area contributed by atoms with Gasteiger partial charge in [0.15, 0.2) is 6.04 Å². The second-order valence-electron chi connectivity index (χ2n) is 5.71. The Morgan fingerprint density at radius 2 is 1.92 bits per heavy atom. The van der Waals surface area contributed by atoms with E-state index >= 15 is 0 Å². The quantitative estimate of drug-likeness (QED) is 0.732. The third-order valence-electron chi connectivity index (χ3n) is 3.86. The molecule has 0 fully saturated rings. The van der Waals surface area contributed by atoms with E-state index in [9.17, 15) is 19.1 Å². The molecule has 2 aromatic carbocycles. The van der Waals surface area contributed by atoms with Crippen molar-refractivity contribution < 1.29 is 23.8 Å². The van der Waals surface area contributed by atoms with Gasteiger partial charge in [-0.2, -0.15) is 0 Å². The summed E-state index contributed by atoms with van der Waals surface area (Å²) in [6.45, 7) is 0. The molecular weight excluding hydrogens is 361 g/mol. The summed E-state index contributed by atoms with van der Waals surface area (Å²) in [5.41, 5.74) is 1.18. The first-order valence-electron chi connectivity index (χ1n) is 8.00. The van der Waals surface area contributed by atoms with Crippen molar-refractivity contribution in [3.05, 3.63) is 64.4 Å². The van der Waals surface area contributed by atoms with E-state index in [-0.39, 0.29) is 17.0 Å². The van der Waals surface area contributed by atoms with Crippen molar-refractivity contribution in [3.8, 4) is 5.75 Å². The molecule has 0 aliphatic rings. The first-order chi connectivity index (χ1) is 12.4. The maximum Gasteiger partial charge on any atom is 0.330 e. The van der Waals surface area contributed by atoms with Gasteiger partial charge in [-0.15, -0.1) is 0 Å². The molecule has 2 N–H and O–H groups in total. The lowest BCUT2D eigenvalue weighted by atomic mass is 10.1. The highest BCUT2D eigenvalue weighted by atomic mass is 35.5. The predicted octanol–water partition coefficient (Wildman–Crippen LogP) is 3.75. The Morgan fingerprint density at radius 3 is 2.50 bits per heavy atom. The molecule has 7 heteroatoms. The molecule has 138 valence electrons. The number of ether oxygens (including phenoxy) is 1. The standard InChI is InChI=1S/C19H19ClFNO4/c1-26-14-8-5-12(6-9-14)3-2-4-17(23)22-18(19(24)25)13-7-10-15(20)16(21)11-13/h5-11,18H,2-4H2,1H3,(H,22,23)(H,24,25). The van der Waals surface area contributed by atoms with Gasteiger partial charge in [0.25, 0.3) is 0 Å². The molecule has 2 rings (SSSR count). The van der Waals surface area contributed by atoms with Crippen molar-refractivity contribution in [1.29, 1.82) is 0 Å². The first-order valence-corrected chi connectivity index (χ1v) is 8.38. The van der Waals surface area contributed by atoms with E-state index < -0.39 is 23.7 Å². The lowest BCUT2D eigenvalue weighted by Crippen LogP contribution is -2.33. The Balaban J connectivity index is 1.90. The van der Waals surface area contributed by atoms with Crippen LogP contribution in [0.1, 0.15) is 30.0 Å². The average Bonchev–Trinajstić information content (AvgIpc) is 2.62. The van der Waals surface area contributed by atoms with Crippen LogP contribution < -0.4 is 10.1 Å². The van der Waals surface area contributed by atoms with Gasteiger partial charge < -0.3 is 15.2 Å². The number of aliphatic carboxylic acids is 1. The molecule has 0 saturated carbocycles. The second-order valence-corrected chi connectivity index (χ2v) is 6.12. The fraction of sp³-hybridized carbons (Fsp3) is 0.263. The number of methoxy groups -OCH3 is 1. The monoisotopic (exact) mass is 379 g/mol. The number of hydrogen-bond acceptors (Lipinski definition) is 3. The SMILES string of the molecule is COc1ccc(CCCC(=O)NC(C(=O)O)c2ccc(Cl)c(F)c2)cc1. The molecule has 2 aromatic rings. The van der Waals surface area contributed by atoms with Crippen LogP contribution in [0.3, 0.4) is 0 Å². The molecule has 0 spiro atoms. The molecule has 0 aromatic heterocycles. The minimum absolute atomic E-state index is 0.108. The van der Waals surface area contributed by atoms with E-state index in [1.165, 1.54) is 12.1 Å². The third-order valence-corrected chi connectivity index (χ3v) is 4.16. The number of amides is 1. The zero-order valence-corrected chi connectivity index (χ0v) is 14.9. The van der Waals surface area contributed by atoms with E-state index in [1.807, 2.05) is 24.3 Å². The number of benzene rings is 2. The lowest BCUT2D eigenvalue weighted by molar-refractivity contribution is -0.142. The minimum Gasteiger partial charge on any atom is -0.497 e. The summed E-state index contributed by atoms with van der Waals surface area (Å²) in [4.78, 5) is 23.5. The van der Waals surface area contributed by atoms with Crippen LogP contribution in [-0.2, 0) is 16.0 Å². The lowest BCUT2D eigenvalue weighted by Gasteiger charge is -2.15. The van der Waals surface area contributed by atoms with Gasteiger partial charge in [0.2, 0.25) is 5.91 Å². The number of carboxylic acids is 1. The second kappa shape index (κ2) is 9.20. The molecule has 0 aliphatic heterocycles. The number of carbonyl (C=O) groups is 2. The molecule has 0 saturated heterocycles. The fourth-order valence-electron chi connectivity index (χ4n) is 2.46. The zero-order chi connectivity index (χ0) is 19.1. The molecule has 1 unspecified atom stereocenters. The topological polar surface area (TPSA) is 75.6 Å². The Hall–Kier alpha value is -2.60. The summed E-state index contributed by atoms with van der Waals surface area (Å²) in [6.07, 6.45) is 1.39. The third kappa shape index (κ3) is 5.46. The summed E-state index contributed by atoms with van der Waals surface area (Å²) in [7, 11) is 1.59. The number of rotatable bonds is 8. The van der Waals surface area contributed by atoms with Crippen LogP contribution in [0.2, 0.25) is 5.02 Å². The molecule has 1 atom stereocenters. The van der Waals surface area contributed by atoms with Gasteiger partial charge in [0.05, 0.1) is 12.1 Å². The van der Waals surface area contributed by atoms with Crippen molar-refractivity contribution >= 4 is 23.5 Å². The largest absolute Gasteiger partial charge is 0.497 e. The van der Waals surface area contributed by atoms with Crippen molar-refractivity contribution in [2.45, 2.75) is 25.3 Å². The van der Waals surface area contributed by atoms with Gasteiger partial charge in [0, 0.05) is 6.42 Å². The summed E-state index contributed by atoms with van der Waals surface area (Å²) in [6, 6.07) is 9.82. The Morgan fingerprint density at radius 1 is 1.23 bits per heavy atom. The molecule has 0 heterocycles. The summed E-state index contributed by atoms with van der Waals surface area (Å²) < 4.78 is 18.6. The number of nitrogens with one attached hydrogen (secondary N) is 1. The van der Waals surface area contributed by atoms with Crippen LogP contribution in [0.4, 0.5) is 4.39 Å². The van der Waals surface area contributed by atoms with Crippen molar-refractivity contribution in [2.75, 3.05) is 7.11 Å². The zero-order valence-electron chi connectivity index (χ0n) is 14.2. The predicted molar refractivity (Wildman–Crippen MR) is 95.9 cm³/mol. The Labute approximate surface area is 155 Å². The van der Waals surface area contributed by atoms with Gasteiger partial charge in [0.1, 0.15) is 11.6 Å². The van der Waals surface area contributed by atoms with Gasteiger partial charge in [-0.25, -0.2) is 9.18 Å². The molecule has 0 aliphatic carbocycles. The Bertz CT molecular complexity index is 780. The molecular formula is C19H19ClFNO4. The summed E-state index contributed by atoms with van der Waals surface area (Å²) >= 11 is 5.60. The minimum atomic E-state index is -1.32. The van der Waals surface area contributed by atoms with E-state index in [4.69, 9.17) is 16.3 Å². The van der Waals surface area contributed by atoms with Crippen LogP contribution >= 0.6 is 11.6 Å². The maximum absolute atomic E-state index is 13.5. The highest BCUT2D eigenvalue weighted by Crippen LogP contribution is 2.21. The average molecular weight is 380 g/mol. The molecule has 1 amide bonds. The highest BCUT2D eigenvalue weighted by molar-refractivity contribution is 6.30. The molecule has 0 radical (unpaired) electrons. The molecule has 0 bridgehead atoms. The van der Waals surface area contributed by atoms with Gasteiger partial charge in [-0.1, -0.05) is 29.8 Å². The van der Waals surface area contributed by atoms with E-state index in [1.54, 1.807) is 7.11 Å². The number of aryl methyl sites for hydroxylation is 1. The maximum atomic E-state index is 13.5. The van der Waals surface area contributed by atoms with Crippen LogP contribution in [0.5, 0.6) is 5.75 Å². The number of carboxylic acid groups (broad SMARTS) is 1. The fourth-order valence-corrected chi connectivity index (χ4v) is 2.58. The molecule has 26 heavy (non-hydrogen) atoms. The number of carbonyl (C=O) groups excluding carboxylic acids is 1. The van der Waals surface area contributed by atoms with E-state index in [2.05, 4.69) is 5.32 Å². The van der Waals surface area contributed by atoms with Crippen molar-refractivity contribution in [3.63, 3.8) is 0 Å². The summed E-state index contributed by atoms with van der Waals surface area (Å²) in [5.74, 6) is -1.66. The van der Waals surface area contributed by atoms with Gasteiger partial charge in [-0.3, -0.25) is 4.79 Å². The Kier molecular flexibility index (Phi) is 6.97. The van der Waals surface area contributed by atoms with Crippen molar-refractivity contribution in [2.24, 2.45) is 0 Å². The van der Waals surface area contributed by atoms with Crippen LogP contribution in [0.25, 0.3) is 0 Å². The van der Waals surface area contributed by atoms with E-state index in [0.29, 0.717) is 12.8 Å². The van der Waals surface area contributed by atoms with E-state index in [0.717, 1.165) is 17.4 Å².